The van der Waals surface area contributed by atoms with E-state index in [0.717, 1.165) is 22.8 Å². The number of halogens is 1. The van der Waals surface area contributed by atoms with Crippen LogP contribution in [-0.4, -0.2) is 16.6 Å². The van der Waals surface area contributed by atoms with Gasteiger partial charge in [-0.15, -0.1) is 11.8 Å². The number of thioether (sulfide) groups is 1. The minimum Gasteiger partial charge on any atom is -0.311 e. The summed E-state index contributed by atoms with van der Waals surface area (Å²) in [4.78, 5) is 17.1. The Bertz CT molecular complexity index is 584. The average molecular weight is 321 g/mol. The van der Waals surface area contributed by atoms with Crippen LogP contribution in [0.4, 0.5) is 5.82 Å². The van der Waals surface area contributed by atoms with E-state index in [-0.39, 0.29) is 5.91 Å². The zero-order valence-electron chi connectivity index (χ0n) is 11.8. The molecule has 1 amide bonds. The van der Waals surface area contributed by atoms with E-state index in [0.29, 0.717) is 12.2 Å². The van der Waals surface area contributed by atoms with E-state index in [9.17, 15) is 4.79 Å². The molecular weight excluding hydrogens is 304 g/mol. The van der Waals surface area contributed by atoms with Gasteiger partial charge in [-0.3, -0.25) is 4.79 Å². The van der Waals surface area contributed by atoms with Crippen molar-refractivity contribution in [2.75, 3.05) is 11.1 Å². The lowest BCUT2D eigenvalue weighted by molar-refractivity contribution is -0.116. The molecule has 0 atom stereocenters. The SMILES string of the molecule is Cc1ccc(NC(=O)CCCSc2ccc(Cl)cc2)nc1. The van der Waals surface area contributed by atoms with Crippen molar-refractivity contribution in [3.8, 4) is 0 Å². The van der Waals surface area contributed by atoms with Crippen LogP contribution in [0.2, 0.25) is 5.02 Å². The number of carbonyl (C=O) groups is 1. The monoisotopic (exact) mass is 320 g/mol. The van der Waals surface area contributed by atoms with Crippen LogP contribution in [0, 0.1) is 6.92 Å². The number of amides is 1. The smallest absolute Gasteiger partial charge is 0.225 e. The van der Waals surface area contributed by atoms with Crippen LogP contribution in [0.3, 0.4) is 0 Å². The highest BCUT2D eigenvalue weighted by atomic mass is 35.5. The largest absolute Gasteiger partial charge is 0.311 e. The molecule has 2 aromatic rings. The third-order valence-corrected chi connectivity index (χ3v) is 4.16. The number of benzene rings is 1. The summed E-state index contributed by atoms with van der Waals surface area (Å²) >= 11 is 7.56. The summed E-state index contributed by atoms with van der Waals surface area (Å²) in [6, 6.07) is 11.5. The molecule has 3 nitrogen and oxygen atoms in total. The van der Waals surface area contributed by atoms with Crippen LogP contribution in [0.1, 0.15) is 18.4 Å². The average Bonchev–Trinajstić information content (AvgIpc) is 2.48. The Hall–Kier alpha value is -1.52. The second-order valence-corrected chi connectivity index (χ2v) is 6.28. The zero-order chi connectivity index (χ0) is 15.1. The van der Waals surface area contributed by atoms with E-state index < -0.39 is 0 Å². The van der Waals surface area contributed by atoms with Crippen LogP contribution in [-0.2, 0) is 4.79 Å². The van der Waals surface area contributed by atoms with Gasteiger partial charge in [0.1, 0.15) is 5.82 Å². The molecule has 1 heterocycles. The lowest BCUT2D eigenvalue weighted by atomic mass is 10.3. The van der Waals surface area contributed by atoms with E-state index >= 15 is 0 Å². The zero-order valence-corrected chi connectivity index (χ0v) is 13.4. The van der Waals surface area contributed by atoms with Crippen molar-refractivity contribution in [2.24, 2.45) is 0 Å². The molecule has 0 saturated heterocycles. The summed E-state index contributed by atoms with van der Waals surface area (Å²) in [5.41, 5.74) is 1.08. The molecule has 0 aliphatic carbocycles. The van der Waals surface area contributed by atoms with Gasteiger partial charge in [0.25, 0.3) is 0 Å². The number of rotatable bonds is 6. The quantitative estimate of drug-likeness (QED) is 0.627. The highest BCUT2D eigenvalue weighted by Gasteiger charge is 2.03. The summed E-state index contributed by atoms with van der Waals surface area (Å²) in [5.74, 6) is 1.51. The van der Waals surface area contributed by atoms with Crippen molar-refractivity contribution in [3.63, 3.8) is 0 Å². The first-order valence-electron chi connectivity index (χ1n) is 6.74. The fraction of sp³-hybridized carbons (Fsp3) is 0.250. The Morgan fingerprint density at radius 3 is 2.67 bits per heavy atom. The highest BCUT2D eigenvalue weighted by molar-refractivity contribution is 7.99. The van der Waals surface area contributed by atoms with Crippen LogP contribution in [0.5, 0.6) is 0 Å². The molecule has 1 aromatic heterocycles. The normalized spacial score (nSPS) is 10.4. The summed E-state index contributed by atoms with van der Waals surface area (Å²) < 4.78 is 0. The molecule has 1 N–H and O–H groups in total. The number of anilines is 1. The van der Waals surface area contributed by atoms with Gasteiger partial charge >= 0.3 is 0 Å². The topological polar surface area (TPSA) is 42.0 Å². The Kier molecular flexibility index (Phi) is 6.08. The molecule has 1 aromatic carbocycles. The predicted molar refractivity (Wildman–Crippen MR) is 89.0 cm³/mol. The molecule has 0 unspecified atom stereocenters. The second-order valence-electron chi connectivity index (χ2n) is 4.67. The van der Waals surface area contributed by atoms with E-state index in [2.05, 4.69) is 10.3 Å². The first-order valence-corrected chi connectivity index (χ1v) is 8.11. The van der Waals surface area contributed by atoms with Gasteiger partial charge in [0.15, 0.2) is 0 Å². The number of pyridine rings is 1. The third-order valence-electron chi connectivity index (χ3n) is 2.81. The molecule has 0 aliphatic rings. The van der Waals surface area contributed by atoms with Gasteiger partial charge in [-0.25, -0.2) is 4.98 Å². The standard InChI is InChI=1S/C16H17ClN2OS/c1-12-4-9-15(18-11-12)19-16(20)3-2-10-21-14-7-5-13(17)6-8-14/h4-9,11H,2-3,10H2,1H3,(H,18,19,20). The molecule has 0 spiro atoms. The Labute approximate surface area is 134 Å². The molecule has 21 heavy (non-hydrogen) atoms. The van der Waals surface area contributed by atoms with Crippen LogP contribution in [0.25, 0.3) is 0 Å². The highest BCUT2D eigenvalue weighted by Crippen LogP contribution is 2.21. The van der Waals surface area contributed by atoms with Crippen LogP contribution in [0.15, 0.2) is 47.5 Å². The maximum Gasteiger partial charge on any atom is 0.225 e. The van der Waals surface area contributed by atoms with Gasteiger partial charge in [-0.2, -0.15) is 0 Å². The number of aromatic nitrogens is 1. The van der Waals surface area contributed by atoms with Crippen molar-refractivity contribution in [3.05, 3.63) is 53.2 Å². The molecule has 5 heteroatoms. The van der Waals surface area contributed by atoms with Gasteiger partial charge in [0.05, 0.1) is 0 Å². The third kappa shape index (κ3) is 5.78. The fourth-order valence-corrected chi connectivity index (χ4v) is 2.68. The van der Waals surface area contributed by atoms with Crippen molar-refractivity contribution < 1.29 is 4.79 Å². The Morgan fingerprint density at radius 1 is 1.24 bits per heavy atom. The van der Waals surface area contributed by atoms with E-state index in [1.807, 2.05) is 43.3 Å². The van der Waals surface area contributed by atoms with Crippen LogP contribution >= 0.6 is 23.4 Å². The van der Waals surface area contributed by atoms with Crippen LogP contribution < -0.4 is 5.32 Å². The fourth-order valence-electron chi connectivity index (χ4n) is 1.70. The molecule has 0 fully saturated rings. The minimum absolute atomic E-state index is 0.00283. The van der Waals surface area contributed by atoms with Gasteiger partial charge in [-0.1, -0.05) is 17.7 Å². The lowest BCUT2D eigenvalue weighted by Gasteiger charge is -2.05. The van der Waals surface area contributed by atoms with Crippen molar-refractivity contribution in [1.29, 1.82) is 0 Å². The molecule has 110 valence electrons. The maximum absolute atomic E-state index is 11.8. The number of aryl methyl sites for hydroxylation is 1. The Balaban J connectivity index is 1.67. The lowest BCUT2D eigenvalue weighted by Crippen LogP contribution is -2.12. The maximum atomic E-state index is 11.8. The number of nitrogens with zero attached hydrogens (tertiary/aromatic N) is 1. The van der Waals surface area contributed by atoms with E-state index in [4.69, 9.17) is 11.6 Å². The van der Waals surface area contributed by atoms with Gasteiger partial charge in [-0.05, 0) is 55.0 Å². The number of hydrogen-bond donors (Lipinski definition) is 1. The van der Waals surface area contributed by atoms with E-state index in [1.54, 1.807) is 18.0 Å². The van der Waals surface area contributed by atoms with Crippen molar-refractivity contribution >= 4 is 35.1 Å². The van der Waals surface area contributed by atoms with Gasteiger partial charge < -0.3 is 5.32 Å². The Morgan fingerprint density at radius 2 is 2.00 bits per heavy atom. The number of hydrogen-bond acceptors (Lipinski definition) is 3. The molecule has 0 aliphatic heterocycles. The first-order chi connectivity index (χ1) is 10.1. The summed E-state index contributed by atoms with van der Waals surface area (Å²) in [7, 11) is 0. The molecule has 0 bridgehead atoms. The molecule has 0 saturated carbocycles. The molecular formula is C16H17ClN2OS. The molecule has 2 rings (SSSR count). The predicted octanol–water partition coefficient (Wildman–Crippen LogP) is 4.55. The van der Waals surface area contributed by atoms with Gasteiger partial charge in [0, 0.05) is 22.5 Å². The van der Waals surface area contributed by atoms with Gasteiger partial charge in [0.2, 0.25) is 5.91 Å². The molecule has 0 radical (unpaired) electrons. The first kappa shape index (κ1) is 15.9. The number of nitrogens with one attached hydrogen (secondary N) is 1. The second kappa shape index (κ2) is 8.05. The summed E-state index contributed by atoms with van der Waals surface area (Å²) in [6.45, 7) is 1.96. The summed E-state index contributed by atoms with van der Waals surface area (Å²) in [6.07, 6.45) is 3.06. The van der Waals surface area contributed by atoms with Crippen molar-refractivity contribution in [1.82, 2.24) is 4.98 Å². The summed E-state index contributed by atoms with van der Waals surface area (Å²) in [5, 5.41) is 3.54. The van der Waals surface area contributed by atoms with E-state index in [1.165, 1.54) is 4.90 Å². The number of carbonyl (C=O) groups excluding carboxylic acids is 1. The minimum atomic E-state index is 0.00283. The van der Waals surface area contributed by atoms with Crippen molar-refractivity contribution in [2.45, 2.75) is 24.7 Å².